The number of phenolic OH excluding ortho intramolecular Hbond substituents is 1. The van der Waals surface area contributed by atoms with E-state index >= 15 is 0 Å². The first-order valence-corrected chi connectivity index (χ1v) is 7.08. The van der Waals surface area contributed by atoms with Crippen LogP contribution in [-0.4, -0.2) is 34.0 Å². The van der Waals surface area contributed by atoms with Gasteiger partial charge < -0.3 is 21.3 Å². The average Bonchev–Trinajstić information content (AvgIpc) is 2.56. The number of aromatic hydroxyl groups is 1. The molecule has 1 unspecified atom stereocenters. The number of amides is 2. The molecule has 0 aliphatic rings. The summed E-state index contributed by atoms with van der Waals surface area (Å²) in [4.78, 5) is 34.5. The highest BCUT2D eigenvalue weighted by Crippen LogP contribution is 2.12. The molecular formula is C17H16N2O5. The molecule has 2 amide bonds. The zero-order valence-corrected chi connectivity index (χ0v) is 12.6. The van der Waals surface area contributed by atoms with E-state index < -0.39 is 23.8 Å². The van der Waals surface area contributed by atoms with Gasteiger partial charge in [0, 0.05) is 12.0 Å². The highest BCUT2D eigenvalue weighted by Gasteiger charge is 2.19. The lowest BCUT2D eigenvalue weighted by atomic mass is 10.0. The lowest BCUT2D eigenvalue weighted by Gasteiger charge is -2.16. The van der Waals surface area contributed by atoms with Gasteiger partial charge in [-0.2, -0.15) is 0 Å². The van der Waals surface area contributed by atoms with E-state index in [9.17, 15) is 19.5 Å². The molecule has 0 aliphatic heterocycles. The quantitative estimate of drug-likeness (QED) is 0.626. The number of rotatable bonds is 6. The molecule has 24 heavy (non-hydrogen) atoms. The molecule has 2 aromatic carbocycles. The number of hydrogen-bond donors (Lipinski definition) is 4. The van der Waals surface area contributed by atoms with E-state index in [1.165, 1.54) is 36.4 Å². The summed E-state index contributed by atoms with van der Waals surface area (Å²) in [5.74, 6) is -2.23. The van der Waals surface area contributed by atoms with Crippen molar-refractivity contribution in [1.29, 1.82) is 0 Å². The first-order chi connectivity index (χ1) is 11.4. The molecule has 1 atom stereocenters. The highest BCUT2D eigenvalue weighted by atomic mass is 16.4. The Balaban J connectivity index is 2.09. The van der Waals surface area contributed by atoms with Crippen LogP contribution in [0.2, 0.25) is 0 Å². The number of aromatic carboxylic acids is 1. The number of nitrogens with two attached hydrogens (primary N) is 1. The van der Waals surface area contributed by atoms with Gasteiger partial charge in [0.1, 0.15) is 11.8 Å². The van der Waals surface area contributed by atoms with Crippen molar-refractivity contribution in [2.24, 2.45) is 5.73 Å². The van der Waals surface area contributed by atoms with E-state index in [0.717, 1.165) is 5.56 Å². The van der Waals surface area contributed by atoms with Crippen LogP contribution in [0, 0.1) is 0 Å². The Hall–Kier alpha value is -3.35. The predicted octanol–water partition coefficient (Wildman–Crippen LogP) is 0.917. The molecule has 0 radical (unpaired) electrons. The van der Waals surface area contributed by atoms with Crippen molar-refractivity contribution in [2.45, 2.75) is 12.5 Å². The van der Waals surface area contributed by atoms with Gasteiger partial charge in [0.05, 0.1) is 5.56 Å². The topological polar surface area (TPSA) is 130 Å². The third kappa shape index (κ3) is 4.33. The Labute approximate surface area is 137 Å². The van der Waals surface area contributed by atoms with Gasteiger partial charge >= 0.3 is 5.97 Å². The average molecular weight is 328 g/mol. The van der Waals surface area contributed by atoms with Crippen molar-refractivity contribution >= 4 is 17.8 Å². The van der Waals surface area contributed by atoms with E-state index in [2.05, 4.69) is 5.32 Å². The number of benzene rings is 2. The van der Waals surface area contributed by atoms with E-state index in [4.69, 9.17) is 10.8 Å². The van der Waals surface area contributed by atoms with Crippen LogP contribution >= 0.6 is 0 Å². The SMILES string of the molecule is NC(=O)C(Cc1ccc(O)cc1)NC(=O)c1ccc(C(=O)O)cc1. The molecule has 0 heterocycles. The van der Waals surface area contributed by atoms with Crippen LogP contribution in [0.1, 0.15) is 26.3 Å². The fraction of sp³-hybridized carbons (Fsp3) is 0.118. The minimum atomic E-state index is -1.09. The lowest BCUT2D eigenvalue weighted by Crippen LogP contribution is -2.45. The van der Waals surface area contributed by atoms with Gasteiger partial charge in [-0.3, -0.25) is 9.59 Å². The maximum atomic E-state index is 12.2. The van der Waals surface area contributed by atoms with Crippen molar-refractivity contribution in [3.63, 3.8) is 0 Å². The molecule has 2 rings (SSSR count). The van der Waals surface area contributed by atoms with Crippen LogP contribution < -0.4 is 11.1 Å². The largest absolute Gasteiger partial charge is 0.508 e. The molecule has 0 aromatic heterocycles. The number of nitrogens with one attached hydrogen (secondary N) is 1. The first kappa shape index (κ1) is 17.0. The van der Waals surface area contributed by atoms with Crippen LogP contribution in [0.25, 0.3) is 0 Å². The Morgan fingerprint density at radius 1 is 0.958 bits per heavy atom. The third-order valence-corrected chi connectivity index (χ3v) is 3.42. The molecule has 2 aromatic rings. The van der Waals surface area contributed by atoms with Crippen LogP contribution in [-0.2, 0) is 11.2 Å². The standard InChI is InChI=1S/C17H16N2O5/c18-15(21)14(9-10-1-7-13(20)8-2-10)19-16(22)11-3-5-12(6-4-11)17(23)24/h1-8,14,20H,9H2,(H2,18,21)(H,19,22)(H,23,24). The van der Waals surface area contributed by atoms with Crippen molar-refractivity contribution in [2.75, 3.05) is 0 Å². The van der Waals surface area contributed by atoms with Gasteiger partial charge in [0.25, 0.3) is 5.91 Å². The van der Waals surface area contributed by atoms with Gasteiger partial charge in [-0.25, -0.2) is 4.79 Å². The predicted molar refractivity (Wildman–Crippen MR) is 85.7 cm³/mol. The smallest absolute Gasteiger partial charge is 0.335 e. The number of carbonyl (C=O) groups is 3. The van der Waals surface area contributed by atoms with E-state index in [-0.39, 0.29) is 23.3 Å². The summed E-state index contributed by atoms with van der Waals surface area (Å²) in [6, 6.07) is 10.6. The molecule has 0 saturated carbocycles. The highest BCUT2D eigenvalue weighted by molar-refractivity contribution is 5.98. The first-order valence-electron chi connectivity index (χ1n) is 7.08. The number of phenols is 1. The Kier molecular flexibility index (Phi) is 5.16. The fourth-order valence-electron chi connectivity index (χ4n) is 2.10. The van der Waals surface area contributed by atoms with Crippen molar-refractivity contribution in [3.8, 4) is 5.75 Å². The number of carboxylic acids is 1. The number of primary amides is 1. The van der Waals surface area contributed by atoms with Crippen LogP contribution in [0.4, 0.5) is 0 Å². The monoisotopic (exact) mass is 328 g/mol. The fourth-order valence-corrected chi connectivity index (χ4v) is 2.10. The number of carbonyl (C=O) groups excluding carboxylic acids is 2. The molecule has 7 nitrogen and oxygen atoms in total. The second-order valence-electron chi connectivity index (χ2n) is 5.18. The van der Waals surface area contributed by atoms with Crippen LogP contribution in [0.5, 0.6) is 5.75 Å². The third-order valence-electron chi connectivity index (χ3n) is 3.42. The molecule has 0 aliphatic carbocycles. The van der Waals surface area contributed by atoms with Gasteiger partial charge in [-0.05, 0) is 42.0 Å². The summed E-state index contributed by atoms with van der Waals surface area (Å²) in [7, 11) is 0. The summed E-state index contributed by atoms with van der Waals surface area (Å²) in [6.45, 7) is 0. The molecule has 0 saturated heterocycles. The molecule has 0 spiro atoms. The summed E-state index contributed by atoms with van der Waals surface area (Å²) in [6.07, 6.45) is 0.175. The van der Waals surface area contributed by atoms with Crippen molar-refractivity contribution in [3.05, 3.63) is 65.2 Å². The Morgan fingerprint density at radius 2 is 1.50 bits per heavy atom. The molecule has 0 fully saturated rings. The normalized spacial score (nSPS) is 11.5. The van der Waals surface area contributed by atoms with Gasteiger partial charge in [0.2, 0.25) is 5.91 Å². The van der Waals surface area contributed by atoms with Crippen LogP contribution in [0.15, 0.2) is 48.5 Å². The zero-order valence-electron chi connectivity index (χ0n) is 12.6. The van der Waals surface area contributed by atoms with Crippen molar-refractivity contribution < 1.29 is 24.6 Å². The number of hydrogen-bond acceptors (Lipinski definition) is 4. The lowest BCUT2D eigenvalue weighted by molar-refractivity contribution is -0.119. The Bertz CT molecular complexity index is 754. The summed E-state index contributed by atoms with van der Waals surface area (Å²) in [5.41, 5.74) is 6.32. The molecule has 5 N–H and O–H groups in total. The maximum absolute atomic E-state index is 12.2. The molecule has 7 heteroatoms. The minimum absolute atomic E-state index is 0.0575. The van der Waals surface area contributed by atoms with Gasteiger partial charge in [-0.1, -0.05) is 12.1 Å². The zero-order chi connectivity index (χ0) is 17.7. The summed E-state index contributed by atoms with van der Waals surface area (Å²) < 4.78 is 0. The van der Waals surface area contributed by atoms with Crippen LogP contribution in [0.3, 0.4) is 0 Å². The van der Waals surface area contributed by atoms with E-state index in [0.29, 0.717) is 0 Å². The number of carboxylic acid groups (broad SMARTS) is 1. The van der Waals surface area contributed by atoms with E-state index in [1.54, 1.807) is 12.1 Å². The van der Waals surface area contributed by atoms with Gasteiger partial charge in [-0.15, -0.1) is 0 Å². The molecule has 0 bridgehead atoms. The van der Waals surface area contributed by atoms with E-state index in [1.807, 2.05) is 0 Å². The minimum Gasteiger partial charge on any atom is -0.508 e. The maximum Gasteiger partial charge on any atom is 0.335 e. The summed E-state index contributed by atoms with van der Waals surface area (Å²) >= 11 is 0. The second-order valence-corrected chi connectivity index (χ2v) is 5.18. The Morgan fingerprint density at radius 3 is 2.00 bits per heavy atom. The second kappa shape index (κ2) is 7.28. The van der Waals surface area contributed by atoms with Crippen molar-refractivity contribution in [1.82, 2.24) is 5.32 Å². The molecule has 124 valence electrons. The van der Waals surface area contributed by atoms with Gasteiger partial charge in [0.15, 0.2) is 0 Å². The summed E-state index contributed by atoms with van der Waals surface area (Å²) in [5, 5.41) is 20.6. The molecular weight excluding hydrogens is 312 g/mol.